The van der Waals surface area contributed by atoms with Crippen LogP contribution in [0.3, 0.4) is 0 Å². The fourth-order valence-electron chi connectivity index (χ4n) is 3.28. The van der Waals surface area contributed by atoms with Crippen molar-refractivity contribution in [3.8, 4) is 0 Å². The zero-order valence-electron chi connectivity index (χ0n) is 17.1. The van der Waals surface area contributed by atoms with Crippen molar-refractivity contribution in [1.29, 1.82) is 0 Å². The van der Waals surface area contributed by atoms with Gasteiger partial charge >= 0.3 is 0 Å². The summed E-state index contributed by atoms with van der Waals surface area (Å²) in [5, 5.41) is 7.36. The molecule has 30 heavy (non-hydrogen) atoms. The first kappa shape index (κ1) is 19.9. The Hall–Kier alpha value is -3.38. The van der Waals surface area contributed by atoms with E-state index < -0.39 is 0 Å². The van der Waals surface area contributed by atoms with Crippen LogP contribution >= 0.6 is 11.3 Å². The molecule has 0 aliphatic carbocycles. The largest absolute Gasteiger partial charge is 0.459 e. The molecule has 6 heteroatoms. The minimum absolute atomic E-state index is 0.170. The number of anilines is 2. The minimum atomic E-state index is -0.264. The highest BCUT2D eigenvalue weighted by Crippen LogP contribution is 2.37. The van der Waals surface area contributed by atoms with Crippen LogP contribution in [0, 0.1) is 20.8 Å². The SMILES string of the molecule is Cc1ccc([C@@H](Nc2cc(C)ccn2)c2cc(C)sc2NC(=O)c2ccco2)cc1. The Morgan fingerprint density at radius 1 is 1.03 bits per heavy atom. The summed E-state index contributed by atoms with van der Waals surface area (Å²) < 4.78 is 5.25. The van der Waals surface area contributed by atoms with Crippen LogP contribution in [-0.4, -0.2) is 10.9 Å². The number of nitrogens with one attached hydrogen (secondary N) is 2. The van der Waals surface area contributed by atoms with Crippen molar-refractivity contribution >= 4 is 28.1 Å². The normalized spacial score (nSPS) is 11.8. The second-order valence-corrected chi connectivity index (χ2v) is 8.54. The number of aryl methyl sites for hydroxylation is 3. The molecule has 0 radical (unpaired) electrons. The summed E-state index contributed by atoms with van der Waals surface area (Å²) in [4.78, 5) is 18.2. The lowest BCUT2D eigenvalue weighted by atomic mass is 9.99. The van der Waals surface area contributed by atoms with E-state index in [-0.39, 0.29) is 17.7 Å². The number of amides is 1. The predicted molar refractivity (Wildman–Crippen MR) is 121 cm³/mol. The van der Waals surface area contributed by atoms with Crippen molar-refractivity contribution in [3.05, 3.63) is 99.9 Å². The van der Waals surface area contributed by atoms with Crippen molar-refractivity contribution in [2.75, 3.05) is 10.6 Å². The van der Waals surface area contributed by atoms with E-state index in [0.29, 0.717) is 0 Å². The van der Waals surface area contributed by atoms with Gasteiger partial charge in [0.05, 0.1) is 12.3 Å². The zero-order valence-corrected chi connectivity index (χ0v) is 17.9. The molecule has 4 rings (SSSR count). The number of pyridine rings is 1. The molecule has 2 N–H and O–H groups in total. The predicted octanol–water partition coefficient (Wildman–Crippen LogP) is 6.12. The van der Waals surface area contributed by atoms with Gasteiger partial charge in [0, 0.05) is 16.6 Å². The molecule has 3 heterocycles. The van der Waals surface area contributed by atoms with Gasteiger partial charge in [0.15, 0.2) is 5.76 Å². The van der Waals surface area contributed by atoms with Crippen LogP contribution in [-0.2, 0) is 0 Å². The van der Waals surface area contributed by atoms with Crippen LogP contribution in [0.5, 0.6) is 0 Å². The summed E-state index contributed by atoms with van der Waals surface area (Å²) in [5.41, 5.74) is 4.40. The molecule has 1 aromatic carbocycles. The quantitative estimate of drug-likeness (QED) is 0.397. The van der Waals surface area contributed by atoms with Crippen LogP contribution in [0.15, 0.2) is 71.5 Å². The molecule has 0 bridgehead atoms. The highest BCUT2D eigenvalue weighted by molar-refractivity contribution is 7.16. The van der Waals surface area contributed by atoms with E-state index in [1.807, 2.05) is 26.0 Å². The fraction of sp³-hybridized carbons (Fsp3) is 0.167. The van der Waals surface area contributed by atoms with E-state index in [4.69, 9.17) is 4.42 Å². The van der Waals surface area contributed by atoms with Gasteiger partial charge in [-0.05, 0) is 62.2 Å². The molecule has 0 aliphatic rings. The number of hydrogen-bond donors (Lipinski definition) is 2. The second-order valence-electron chi connectivity index (χ2n) is 7.28. The Kier molecular flexibility index (Phi) is 5.68. The Balaban J connectivity index is 1.73. The lowest BCUT2D eigenvalue weighted by Gasteiger charge is -2.21. The van der Waals surface area contributed by atoms with Gasteiger partial charge in [0.2, 0.25) is 0 Å². The van der Waals surface area contributed by atoms with E-state index in [1.54, 1.807) is 29.7 Å². The third-order valence-corrected chi connectivity index (χ3v) is 5.77. The Morgan fingerprint density at radius 2 is 1.83 bits per heavy atom. The standard InChI is InChI=1S/C24H23N3O2S/c1-15-6-8-18(9-7-15)22(26-21-13-16(2)10-11-25-21)19-14-17(3)30-24(19)27-23(28)20-5-4-12-29-20/h4-14,22H,1-3H3,(H,25,26)(H,27,28)/t22-/m1/s1. The molecule has 1 atom stereocenters. The maximum Gasteiger partial charge on any atom is 0.291 e. The maximum atomic E-state index is 12.6. The second kappa shape index (κ2) is 8.55. The van der Waals surface area contributed by atoms with Crippen molar-refractivity contribution in [3.63, 3.8) is 0 Å². The first-order chi connectivity index (χ1) is 14.5. The number of carbonyl (C=O) groups is 1. The van der Waals surface area contributed by atoms with Gasteiger partial charge in [0.25, 0.3) is 5.91 Å². The van der Waals surface area contributed by atoms with E-state index in [1.165, 1.54) is 11.8 Å². The Morgan fingerprint density at radius 3 is 2.53 bits per heavy atom. The highest BCUT2D eigenvalue weighted by atomic mass is 32.1. The molecule has 5 nitrogen and oxygen atoms in total. The summed E-state index contributed by atoms with van der Waals surface area (Å²) in [6.45, 7) is 6.14. The lowest BCUT2D eigenvalue weighted by Crippen LogP contribution is -2.17. The monoisotopic (exact) mass is 417 g/mol. The number of furan rings is 1. The molecular formula is C24H23N3O2S. The van der Waals surface area contributed by atoms with Crippen LogP contribution in [0.4, 0.5) is 10.8 Å². The molecule has 1 amide bonds. The number of aromatic nitrogens is 1. The third kappa shape index (κ3) is 4.44. The molecule has 152 valence electrons. The highest BCUT2D eigenvalue weighted by Gasteiger charge is 2.22. The van der Waals surface area contributed by atoms with Crippen LogP contribution in [0.2, 0.25) is 0 Å². The molecule has 0 unspecified atom stereocenters. The molecule has 0 fully saturated rings. The lowest BCUT2D eigenvalue weighted by molar-refractivity contribution is 0.0997. The molecular weight excluding hydrogens is 394 g/mol. The zero-order chi connectivity index (χ0) is 21.1. The summed E-state index contributed by atoms with van der Waals surface area (Å²) in [5.74, 6) is 0.805. The van der Waals surface area contributed by atoms with Crippen LogP contribution < -0.4 is 10.6 Å². The van der Waals surface area contributed by atoms with Gasteiger partial charge < -0.3 is 15.1 Å². The number of thiophene rings is 1. The maximum absolute atomic E-state index is 12.6. The first-order valence-electron chi connectivity index (χ1n) is 9.70. The smallest absolute Gasteiger partial charge is 0.291 e. The Labute approximate surface area is 179 Å². The molecule has 0 saturated heterocycles. The fourth-order valence-corrected chi connectivity index (χ4v) is 4.23. The van der Waals surface area contributed by atoms with Crippen molar-refractivity contribution in [2.24, 2.45) is 0 Å². The Bertz CT molecular complexity index is 1150. The van der Waals surface area contributed by atoms with Gasteiger partial charge in [-0.1, -0.05) is 29.8 Å². The summed E-state index contributed by atoms with van der Waals surface area (Å²) in [7, 11) is 0. The van der Waals surface area contributed by atoms with Crippen LogP contribution in [0.1, 0.15) is 43.7 Å². The molecule has 0 saturated carbocycles. The summed E-state index contributed by atoms with van der Waals surface area (Å²) >= 11 is 1.55. The van der Waals surface area contributed by atoms with Gasteiger partial charge in [-0.2, -0.15) is 0 Å². The van der Waals surface area contributed by atoms with Gasteiger partial charge in [-0.25, -0.2) is 4.98 Å². The van der Waals surface area contributed by atoms with Crippen LogP contribution in [0.25, 0.3) is 0 Å². The number of rotatable bonds is 6. The molecule has 0 aliphatic heterocycles. The average molecular weight is 418 g/mol. The summed E-state index contributed by atoms with van der Waals surface area (Å²) in [6.07, 6.45) is 3.29. The number of nitrogens with zero attached hydrogens (tertiary/aromatic N) is 1. The van der Waals surface area contributed by atoms with Crippen molar-refractivity contribution < 1.29 is 9.21 Å². The van der Waals surface area contributed by atoms with E-state index >= 15 is 0 Å². The number of hydrogen-bond acceptors (Lipinski definition) is 5. The van der Waals surface area contributed by atoms with Gasteiger partial charge in [-0.3, -0.25) is 4.79 Å². The molecule has 3 aromatic heterocycles. The van der Waals surface area contributed by atoms with E-state index in [9.17, 15) is 4.79 Å². The van der Waals surface area contributed by atoms with Gasteiger partial charge in [0.1, 0.15) is 10.8 Å². The topological polar surface area (TPSA) is 67.2 Å². The van der Waals surface area contributed by atoms with Crippen molar-refractivity contribution in [2.45, 2.75) is 26.8 Å². The molecule has 0 spiro atoms. The molecule has 4 aromatic rings. The van der Waals surface area contributed by atoms with Gasteiger partial charge in [-0.15, -0.1) is 11.3 Å². The minimum Gasteiger partial charge on any atom is -0.459 e. The number of benzene rings is 1. The van der Waals surface area contributed by atoms with Crippen molar-refractivity contribution in [1.82, 2.24) is 4.98 Å². The summed E-state index contributed by atoms with van der Waals surface area (Å²) in [6, 6.07) is 17.7. The first-order valence-corrected chi connectivity index (χ1v) is 10.5. The average Bonchev–Trinajstić information content (AvgIpc) is 3.37. The van der Waals surface area contributed by atoms with E-state index in [0.717, 1.165) is 32.4 Å². The third-order valence-electron chi connectivity index (χ3n) is 4.79. The van der Waals surface area contributed by atoms with E-state index in [2.05, 4.69) is 52.9 Å². The number of carbonyl (C=O) groups excluding carboxylic acids is 1.